The Kier molecular flexibility index (Phi) is 5.49. The van der Waals surface area contributed by atoms with Gasteiger partial charge in [0.25, 0.3) is 5.91 Å². The van der Waals surface area contributed by atoms with Gasteiger partial charge in [-0.3, -0.25) is 4.79 Å². The first kappa shape index (κ1) is 19.3. The van der Waals surface area contributed by atoms with Crippen LogP contribution in [0.5, 0.6) is 0 Å². The maximum absolute atomic E-state index is 13.1. The molecule has 1 aromatic heterocycles. The predicted molar refractivity (Wildman–Crippen MR) is 95.6 cm³/mol. The molecule has 0 aliphatic carbocycles. The number of piperidine rings is 1. The smallest absolute Gasteiger partial charge is 0.293 e. The summed E-state index contributed by atoms with van der Waals surface area (Å²) in [4.78, 5) is 18.8. The molecule has 1 aliphatic rings. The molecule has 0 spiro atoms. The molecule has 0 saturated carbocycles. The number of hydrogen-bond donors (Lipinski definition) is 1. The fourth-order valence-electron chi connectivity index (χ4n) is 3.00. The van der Waals surface area contributed by atoms with E-state index in [0.717, 1.165) is 6.42 Å². The fourth-order valence-corrected chi connectivity index (χ4v) is 3.00. The van der Waals surface area contributed by atoms with E-state index < -0.39 is 0 Å². The van der Waals surface area contributed by atoms with Crippen LogP contribution in [0.3, 0.4) is 0 Å². The Labute approximate surface area is 152 Å². The van der Waals surface area contributed by atoms with Gasteiger partial charge in [-0.2, -0.15) is 0 Å². The molecule has 1 aliphatic heterocycles. The van der Waals surface area contributed by atoms with E-state index in [4.69, 9.17) is 5.73 Å². The summed E-state index contributed by atoms with van der Waals surface area (Å²) in [5, 5.41) is 4.31. The van der Waals surface area contributed by atoms with Crippen LogP contribution < -0.4 is 5.73 Å². The molecule has 1 aromatic carbocycles. The second-order valence-corrected chi connectivity index (χ2v) is 6.98. The van der Waals surface area contributed by atoms with Gasteiger partial charge in [0.1, 0.15) is 11.6 Å². The highest BCUT2D eigenvalue weighted by Gasteiger charge is 2.36. The SMILES string of the molecule is Cc1nc(C(=O)N2CCC(N)C(C)(C)C2)nn1-c1ccc(F)cc1.Cl. The topological polar surface area (TPSA) is 77.0 Å². The van der Waals surface area contributed by atoms with Crippen LogP contribution in [0.2, 0.25) is 0 Å². The molecule has 6 nitrogen and oxygen atoms in total. The van der Waals surface area contributed by atoms with Gasteiger partial charge in [0, 0.05) is 19.1 Å². The number of nitrogens with two attached hydrogens (primary N) is 1. The summed E-state index contributed by atoms with van der Waals surface area (Å²) < 4.78 is 14.6. The average molecular weight is 368 g/mol. The van der Waals surface area contributed by atoms with Crippen molar-refractivity contribution in [2.24, 2.45) is 11.1 Å². The Bertz CT molecular complexity index is 759. The van der Waals surface area contributed by atoms with Crippen molar-refractivity contribution in [3.8, 4) is 5.69 Å². The second-order valence-electron chi connectivity index (χ2n) is 6.98. The van der Waals surface area contributed by atoms with Crippen molar-refractivity contribution >= 4 is 18.3 Å². The van der Waals surface area contributed by atoms with Crippen LogP contribution in [0, 0.1) is 18.2 Å². The molecule has 0 bridgehead atoms. The second kappa shape index (κ2) is 7.09. The Morgan fingerprint density at radius 2 is 1.96 bits per heavy atom. The van der Waals surface area contributed by atoms with Crippen LogP contribution in [0.1, 0.15) is 36.7 Å². The number of carbonyl (C=O) groups excluding carboxylic acids is 1. The van der Waals surface area contributed by atoms with Crippen molar-refractivity contribution < 1.29 is 9.18 Å². The number of carbonyl (C=O) groups is 1. The molecule has 0 radical (unpaired) electrons. The number of rotatable bonds is 2. The number of aromatic nitrogens is 3. The number of likely N-dealkylation sites (tertiary alicyclic amines) is 1. The first-order chi connectivity index (χ1) is 11.3. The van der Waals surface area contributed by atoms with E-state index >= 15 is 0 Å². The summed E-state index contributed by atoms with van der Waals surface area (Å²) in [5.41, 5.74) is 6.66. The van der Waals surface area contributed by atoms with Gasteiger partial charge in [0.05, 0.1) is 5.69 Å². The van der Waals surface area contributed by atoms with Crippen LogP contribution in [0.4, 0.5) is 4.39 Å². The van der Waals surface area contributed by atoms with E-state index in [-0.39, 0.29) is 41.4 Å². The molecule has 8 heteroatoms. The van der Waals surface area contributed by atoms with E-state index in [1.54, 1.807) is 28.6 Å². The molecule has 1 atom stereocenters. The van der Waals surface area contributed by atoms with E-state index in [1.165, 1.54) is 12.1 Å². The molecule has 1 unspecified atom stereocenters. The van der Waals surface area contributed by atoms with Gasteiger partial charge in [0.15, 0.2) is 0 Å². The van der Waals surface area contributed by atoms with Crippen LogP contribution in [0.15, 0.2) is 24.3 Å². The summed E-state index contributed by atoms with van der Waals surface area (Å²) in [7, 11) is 0. The van der Waals surface area contributed by atoms with Crippen LogP contribution >= 0.6 is 12.4 Å². The van der Waals surface area contributed by atoms with Crippen molar-refractivity contribution in [3.05, 3.63) is 41.7 Å². The summed E-state index contributed by atoms with van der Waals surface area (Å²) >= 11 is 0. The minimum atomic E-state index is -0.320. The molecule has 2 heterocycles. The number of nitrogens with zero attached hydrogens (tertiary/aromatic N) is 4. The minimum absolute atomic E-state index is 0. The number of halogens is 2. The molecule has 2 aromatic rings. The standard InChI is InChI=1S/C17H22FN5O.ClH/c1-11-20-15(21-23(11)13-6-4-12(18)5-7-13)16(24)22-9-8-14(19)17(2,3)10-22;/h4-7,14H,8-10,19H2,1-3H3;1H. The molecular formula is C17H23ClFN5O. The van der Waals surface area contributed by atoms with Gasteiger partial charge >= 0.3 is 0 Å². The van der Waals surface area contributed by atoms with Crippen molar-refractivity contribution in [1.82, 2.24) is 19.7 Å². The zero-order chi connectivity index (χ0) is 17.5. The highest BCUT2D eigenvalue weighted by Crippen LogP contribution is 2.28. The summed E-state index contributed by atoms with van der Waals surface area (Å²) in [5.74, 6) is 0.222. The lowest BCUT2D eigenvalue weighted by Crippen LogP contribution is -2.54. The summed E-state index contributed by atoms with van der Waals surface area (Å²) in [6.45, 7) is 7.08. The molecule has 1 amide bonds. The summed E-state index contributed by atoms with van der Waals surface area (Å²) in [6, 6.07) is 6.00. The maximum atomic E-state index is 13.1. The van der Waals surface area contributed by atoms with Crippen LogP contribution in [-0.2, 0) is 0 Å². The van der Waals surface area contributed by atoms with Crippen LogP contribution in [0.25, 0.3) is 5.69 Å². The molecule has 136 valence electrons. The zero-order valence-electron chi connectivity index (χ0n) is 14.6. The lowest BCUT2D eigenvalue weighted by Gasteiger charge is -2.42. The third-order valence-electron chi connectivity index (χ3n) is 4.63. The Morgan fingerprint density at radius 1 is 1.32 bits per heavy atom. The van der Waals surface area contributed by atoms with Gasteiger partial charge in [-0.15, -0.1) is 17.5 Å². The average Bonchev–Trinajstić information content (AvgIpc) is 2.92. The lowest BCUT2D eigenvalue weighted by atomic mass is 9.79. The van der Waals surface area contributed by atoms with E-state index in [2.05, 4.69) is 23.9 Å². The predicted octanol–water partition coefficient (Wildman–Crippen LogP) is 2.34. The molecule has 1 saturated heterocycles. The van der Waals surface area contributed by atoms with Gasteiger partial charge in [-0.25, -0.2) is 14.1 Å². The minimum Gasteiger partial charge on any atom is -0.335 e. The normalized spacial score (nSPS) is 19.4. The third kappa shape index (κ3) is 3.82. The first-order valence-electron chi connectivity index (χ1n) is 8.02. The van der Waals surface area contributed by atoms with E-state index in [9.17, 15) is 9.18 Å². The zero-order valence-corrected chi connectivity index (χ0v) is 15.4. The number of aryl methyl sites for hydroxylation is 1. The van der Waals surface area contributed by atoms with Crippen molar-refractivity contribution in [3.63, 3.8) is 0 Å². The molecule has 25 heavy (non-hydrogen) atoms. The largest absolute Gasteiger partial charge is 0.335 e. The molecule has 2 N–H and O–H groups in total. The Balaban J connectivity index is 0.00000225. The van der Waals surface area contributed by atoms with Crippen molar-refractivity contribution in [2.45, 2.75) is 33.2 Å². The van der Waals surface area contributed by atoms with Crippen molar-refractivity contribution in [2.75, 3.05) is 13.1 Å². The van der Waals surface area contributed by atoms with Crippen molar-refractivity contribution in [1.29, 1.82) is 0 Å². The molecule has 1 fully saturated rings. The number of amides is 1. The van der Waals surface area contributed by atoms with Crippen LogP contribution in [-0.4, -0.2) is 44.7 Å². The molecule has 3 rings (SSSR count). The van der Waals surface area contributed by atoms with Gasteiger partial charge < -0.3 is 10.6 Å². The van der Waals surface area contributed by atoms with E-state index in [1.807, 2.05) is 0 Å². The Morgan fingerprint density at radius 3 is 2.56 bits per heavy atom. The van der Waals surface area contributed by atoms with E-state index in [0.29, 0.717) is 24.6 Å². The monoisotopic (exact) mass is 367 g/mol. The maximum Gasteiger partial charge on any atom is 0.293 e. The lowest BCUT2D eigenvalue weighted by molar-refractivity contribution is 0.0521. The number of hydrogen-bond acceptors (Lipinski definition) is 4. The highest BCUT2D eigenvalue weighted by molar-refractivity contribution is 5.90. The van der Waals surface area contributed by atoms with Gasteiger partial charge in [-0.1, -0.05) is 13.8 Å². The Hall–Kier alpha value is -1.99. The highest BCUT2D eigenvalue weighted by atomic mass is 35.5. The molecular weight excluding hydrogens is 345 g/mol. The quantitative estimate of drug-likeness (QED) is 0.883. The fraction of sp³-hybridized carbons (Fsp3) is 0.471. The number of benzene rings is 1. The van der Waals surface area contributed by atoms with Gasteiger partial charge in [-0.05, 0) is 43.0 Å². The first-order valence-corrected chi connectivity index (χ1v) is 8.02. The summed E-state index contributed by atoms with van der Waals surface area (Å²) in [6.07, 6.45) is 0.760. The third-order valence-corrected chi connectivity index (χ3v) is 4.63. The van der Waals surface area contributed by atoms with Gasteiger partial charge in [0.2, 0.25) is 5.82 Å².